The Morgan fingerprint density at radius 3 is 2.06 bits per heavy atom. The van der Waals surface area contributed by atoms with E-state index >= 15 is 0 Å². The maximum Gasteiger partial charge on any atom is 0.0686 e. The summed E-state index contributed by atoms with van der Waals surface area (Å²) in [6.45, 7) is 0. The van der Waals surface area contributed by atoms with Crippen LogP contribution in [0.2, 0.25) is 0 Å². The summed E-state index contributed by atoms with van der Waals surface area (Å²) in [7, 11) is 0. The molecule has 0 atom stereocenters. The Balaban J connectivity index is 2.20. The van der Waals surface area contributed by atoms with E-state index in [1.165, 1.54) is 0 Å². The normalized spacial score (nSPS) is 11.3. The molecule has 0 radical (unpaired) electrons. The Labute approximate surface area is 109 Å². The zero-order valence-corrected chi connectivity index (χ0v) is 10.7. The maximum absolute atomic E-state index is 9.88. The molecule has 0 aromatic heterocycles. The minimum absolute atomic E-state index is 0.723. The van der Waals surface area contributed by atoms with Crippen molar-refractivity contribution in [2.75, 3.05) is 5.06 Å². The van der Waals surface area contributed by atoms with Crippen LogP contribution in [0.4, 0.5) is 5.69 Å². The highest BCUT2D eigenvalue weighted by molar-refractivity contribution is 9.15. The van der Waals surface area contributed by atoms with E-state index in [1.807, 2.05) is 60.7 Å². The molecule has 3 heteroatoms. The Kier molecular flexibility index (Phi) is 3.96. The highest BCUT2D eigenvalue weighted by Crippen LogP contribution is 2.23. The minimum atomic E-state index is 0.723. The van der Waals surface area contributed by atoms with Crippen LogP contribution in [-0.4, -0.2) is 5.21 Å². The summed E-state index contributed by atoms with van der Waals surface area (Å²) in [6, 6.07) is 19.1. The van der Waals surface area contributed by atoms with E-state index in [4.69, 9.17) is 0 Å². The molecule has 2 nitrogen and oxygen atoms in total. The van der Waals surface area contributed by atoms with E-state index in [9.17, 15) is 5.21 Å². The predicted molar refractivity (Wildman–Crippen MR) is 74.1 cm³/mol. The van der Waals surface area contributed by atoms with Gasteiger partial charge in [-0.2, -0.15) is 0 Å². The van der Waals surface area contributed by atoms with E-state index in [1.54, 1.807) is 6.20 Å². The van der Waals surface area contributed by atoms with Crippen molar-refractivity contribution in [1.82, 2.24) is 0 Å². The lowest BCUT2D eigenvalue weighted by Gasteiger charge is -2.12. The average Bonchev–Trinajstić information content (AvgIpc) is 2.40. The summed E-state index contributed by atoms with van der Waals surface area (Å²) >= 11 is 3.44. The average molecular weight is 290 g/mol. The Morgan fingerprint density at radius 2 is 1.47 bits per heavy atom. The van der Waals surface area contributed by atoms with Crippen LogP contribution in [0.25, 0.3) is 4.48 Å². The lowest BCUT2D eigenvalue weighted by Crippen LogP contribution is -2.08. The van der Waals surface area contributed by atoms with Crippen LogP contribution in [-0.2, 0) is 0 Å². The summed E-state index contributed by atoms with van der Waals surface area (Å²) in [6.07, 6.45) is 1.63. The molecule has 0 aliphatic carbocycles. The first-order chi connectivity index (χ1) is 8.27. The molecule has 0 heterocycles. The number of halogens is 1. The fraction of sp³-hybridized carbons (Fsp3) is 0. The number of hydrogen-bond donors (Lipinski definition) is 1. The van der Waals surface area contributed by atoms with Gasteiger partial charge in [-0.1, -0.05) is 48.5 Å². The van der Waals surface area contributed by atoms with Gasteiger partial charge < -0.3 is 0 Å². The number of hydrogen-bond acceptors (Lipinski definition) is 2. The van der Waals surface area contributed by atoms with Gasteiger partial charge in [-0.15, -0.1) is 0 Å². The van der Waals surface area contributed by atoms with Crippen LogP contribution < -0.4 is 5.06 Å². The molecule has 0 saturated heterocycles. The molecule has 86 valence electrons. The second-order valence-electron chi connectivity index (χ2n) is 3.52. The number of rotatable bonds is 3. The largest absolute Gasteiger partial charge is 0.284 e. The van der Waals surface area contributed by atoms with Crippen molar-refractivity contribution in [1.29, 1.82) is 0 Å². The SMILES string of the molecule is ON(C=C(Br)c1ccccc1)c1ccccc1. The highest BCUT2D eigenvalue weighted by Gasteiger charge is 2.01. The van der Waals surface area contributed by atoms with E-state index in [-0.39, 0.29) is 0 Å². The van der Waals surface area contributed by atoms with Crippen LogP contribution in [0.1, 0.15) is 5.56 Å². The zero-order chi connectivity index (χ0) is 12.1. The van der Waals surface area contributed by atoms with Gasteiger partial charge in [-0.25, -0.2) is 5.06 Å². The standard InChI is InChI=1S/C14H12BrNO/c15-14(12-7-3-1-4-8-12)11-16(17)13-9-5-2-6-10-13/h1-11,17H. The lowest BCUT2D eigenvalue weighted by atomic mass is 10.2. The molecule has 2 aromatic rings. The predicted octanol–water partition coefficient (Wildman–Crippen LogP) is 4.28. The molecule has 0 unspecified atom stereocenters. The zero-order valence-electron chi connectivity index (χ0n) is 9.12. The van der Waals surface area contributed by atoms with E-state index in [0.29, 0.717) is 0 Å². The molecule has 0 amide bonds. The van der Waals surface area contributed by atoms with Gasteiger partial charge in [0.2, 0.25) is 0 Å². The summed E-state index contributed by atoms with van der Waals surface area (Å²) in [5.41, 5.74) is 1.74. The first-order valence-corrected chi connectivity index (χ1v) is 6.02. The molecule has 0 fully saturated rings. The van der Waals surface area contributed by atoms with Gasteiger partial charge in [0.25, 0.3) is 0 Å². The van der Waals surface area contributed by atoms with Gasteiger partial charge in [-0.05, 0) is 33.6 Å². The lowest BCUT2D eigenvalue weighted by molar-refractivity contribution is 0.296. The fourth-order valence-corrected chi connectivity index (χ4v) is 1.89. The number of hydroxylamine groups is 1. The van der Waals surface area contributed by atoms with Crippen molar-refractivity contribution in [2.24, 2.45) is 0 Å². The molecular formula is C14H12BrNO. The van der Waals surface area contributed by atoms with Crippen LogP contribution >= 0.6 is 15.9 Å². The second-order valence-corrected chi connectivity index (χ2v) is 4.38. The quantitative estimate of drug-likeness (QED) is 0.853. The van der Waals surface area contributed by atoms with E-state index in [2.05, 4.69) is 15.9 Å². The van der Waals surface area contributed by atoms with Crippen molar-refractivity contribution < 1.29 is 5.21 Å². The molecule has 0 aliphatic rings. The monoisotopic (exact) mass is 289 g/mol. The summed E-state index contributed by atoms with van der Waals surface area (Å²) in [5.74, 6) is 0. The van der Waals surface area contributed by atoms with Crippen LogP contribution in [0.5, 0.6) is 0 Å². The van der Waals surface area contributed by atoms with Crippen LogP contribution in [0, 0.1) is 0 Å². The van der Waals surface area contributed by atoms with Gasteiger partial charge in [-0.3, -0.25) is 5.21 Å². The summed E-state index contributed by atoms with van der Waals surface area (Å²) in [4.78, 5) is 0. The molecule has 2 rings (SSSR count). The highest BCUT2D eigenvalue weighted by atomic mass is 79.9. The molecule has 0 aliphatic heterocycles. The molecule has 1 N–H and O–H groups in total. The van der Waals surface area contributed by atoms with Crippen molar-refractivity contribution in [3.63, 3.8) is 0 Å². The van der Waals surface area contributed by atoms with Crippen molar-refractivity contribution >= 4 is 26.1 Å². The number of anilines is 1. The Morgan fingerprint density at radius 1 is 0.941 bits per heavy atom. The van der Waals surface area contributed by atoms with Gasteiger partial charge in [0.05, 0.1) is 5.69 Å². The van der Waals surface area contributed by atoms with E-state index < -0.39 is 0 Å². The molecule has 17 heavy (non-hydrogen) atoms. The van der Waals surface area contributed by atoms with Gasteiger partial charge in [0.1, 0.15) is 0 Å². The number of para-hydroxylation sites is 1. The maximum atomic E-state index is 9.88. The summed E-state index contributed by atoms with van der Waals surface area (Å²) < 4.78 is 0.824. The molecule has 0 saturated carbocycles. The smallest absolute Gasteiger partial charge is 0.0686 e. The third-order valence-electron chi connectivity index (χ3n) is 2.31. The van der Waals surface area contributed by atoms with E-state index in [0.717, 1.165) is 20.8 Å². The number of nitrogens with zero attached hydrogens (tertiary/aromatic N) is 1. The number of benzene rings is 2. The first kappa shape index (κ1) is 11.9. The Hall–Kier alpha value is -1.58. The van der Waals surface area contributed by atoms with Gasteiger partial charge in [0.15, 0.2) is 0 Å². The third kappa shape index (κ3) is 3.19. The topological polar surface area (TPSA) is 23.5 Å². The van der Waals surface area contributed by atoms with Gasteiger partial charge in [0, 0.05) is 10.7 Å². The van der Waals surface area contributed by atoms with Gasteiger partial charge >= 0.3 is 0 Å². The molecule has 2 aromatic carbocycles. The Bertz CT molecular complexity index is 496. The third-order valence-corrected chi connectivity index (χ3v) is 2.97. The van der Waals surface area contributed by atoms with Crippen molar-refractivity contribution in [2.45, 2.75) is 0 Å². The fourth-order valence-electron chi connectivity index (χ4n) is 1.43. The summed E-state index contributed by atoms with van der Waals surface area (Å²) in [5, 5.41) is 11.0. The van der Waals surface area contributed by atoms with Crippen molar-refractivity contribution in [3.05, 3.63) is 72.4 Å². The van der Waals surface area contributed by atoms with Crippen molar-refractivity contribution in [3.8, 4) is 0 Å². The first-order valence-electron chi connectivity index (χ1n) is 5.23. The van der Waals surface area contributed by atoms with Crippen LogP contribution in [0.15, 0.2) is 66.9 Å². The van der Waals surface area contributed by atoms with Crippen LogP contribution in [0.3, 0.4) is 0 Å². The molecular weight excluding hydrogens is 278 g/mol. The molecule has 0 bridgehead atoms. The molecule has 0 spiro atoms. The minimum Gasteiger partial charge on any atom is -0.284 e. The second kappa shape index (κ2) is 5.66.